The van der Waals surface area contributed by atoms with Crippen LogP contribution in [0.4, 0.5) is 10.1 Å². The molecule has 0 saturated carbocycles. The third-order valence-corrected chi connectivity index (χ3v) is 3.53. The summed E-state index contributed by atoms with van der Waals surface area (Å²) in [4.78, 5) is 1.99. The predicted molar refractivity (Wildman–Crippen MR) is 65.4 cm³/mol. The summed E-state index contributed by atoms with van der Waals surface area (Å²) < 4.78 is 13.7. The van der Waals surface area contributed by atoms with Crippen molar-refractivity contribution in [2.24, 2.45) is 11.7 Å². The second-order valence-electron chi connectivity index (χ2n) is 4.45. The smallest absolute Gasteiger partial charge is 0.148 e. The van der Waals surface area contributed by atoms with Crippen LogP contribution in [0.2, 0.25) is 5.02 Å². The highest BCUT2D eigenvalue weighted by Crippen LogP contribution is 2.31. The summed E-state index contributed by atoms with van der Waals surface area (Å²) in [6.45, 7) is 3.62. The van der Waals surface area contributed by atoms with E-state index in [9.17, 15) is 4.39 Å². The van der Waals surface area contributed by atoms with Crippen molar-refractivity contribution in [3.05, 3.63) is 29.0 Å². The first-order chi connectivity index (χ1) is 7.59. The van der Waals surface area contributed by atoms with Gasteiger partial charge in [-0.1, -0.05) is 24.6 Å². The van der Waals surface area contributed by atoms with Crippen LogP contribution in [-0.2, 0) is 0 Å². The molecule has 0 aromatic heterocycles. The van der Waals surface area contributed by atoms with E-state index < -0.39 is 0 Å². The quantitative estimate of drug-likeness (QED) is 0.821. The van der Waals surface area contributed by atoms with E-state index in [2.05, 4.69) is 6.92 Å². The van der Waals surface area contributed by atoms with E-state index in [1.165, 1.54) is 6.07 Å². The van der Waals surface area contributed by atoms with E-state index in [0.29, 0.717) is 16.6 Å². The van der Waals surface area contributed by atoms with Crippen LogP contribution < -0.4 is 10.6 Å². The summed E-state index contributed by atoms with van der Waals surface area (Å²) in [6, 6.07) is 5.00. The monoisotopic (exact) mass is 242 g/mol. The molecule has 1 aromatic carbocycles. The zero-order valence-electron chi connectivity index (χ0n) is 9.29. The van der Waals surface area contributed by atoms with Crippen LogP contribution in [0.15, 0.2) is 18.2 Å². The second-order valence-corrected chi connectivity index (χ2v) is 4.85. The maximum atomic E-state index is 13.7. The zero-order valence-corrected chi connectivity index (χ0v) is 10.0. The standard InChI is InChI=1S/C12H16ClFN2/c1-8-7-16(6-5-11(8)15)12-9(13)3-2-4-10(12)14/h2-4,8,11H,5-7,15H2,1H3. The molecular weight excluding hydrogens is 227 g/mol. The van der Waals surface area contributed by atoms with Gasteiger partial charge >= 0.3 is 0 Å². The summed E-state index contributed by atoms with van der Waals surface area (Å²) in [5, 5.41) is 0.475. The van der Waals surface area contributed by atoms with Gasteiger partial charge in [0.25, 0.3) is 0 Å². The molecule has 1 aliphatic heterocycles. The Kier molecular flexibility index (Phi) is 3.36. The normalized spacial score (nSPS) is 25.9. The number of nitrogens with zero attached hydrogens (tertiary/aromatic N) is 1. The lowest BCUT2D eigenvalue weighted by Crippen LogP contribution is -2.46. The van der Waals surface area contributed by atoms with Gasteiger partial charge in [0.15, 0.2) is 0 Å². The SMILES string of the molecule is CC1CN(c2c(F)cccc2Cl)CCC1N. The van der Waals surface area contributed by atoms with Crippen molar-refractivity contribution in [3.63, 3.8) is 0 Å². The van der Waals surface area contributed by atoms with Crippen LogP contribution in [0.25, 0.3) is 0 Å². The predicted octanol–water partition coefficient (Wildman–Crippen LogP) is 2.65. The molecule has 2 atom stereocenters. The molecule has 88 valence electrons. The van der Waals surface area contributed by atoms with Crippen LogP contribution in [0.5, 0.6) is 0 Å². The fourth-order valence-corrected chi connectivity index (χ4v) is 2.44. The van der Waals surface area contributed by atoms with E-state index in [1.54, 1.807) is 12.1 Å². The molecule has 1 aromatic rings. The summed E-state index contributed by atoms with van der Waals surface area (Å²) in [6.07, 6.45) is 0.881. The number of anilines is 1. The summed E-state index contributed by atoms with van der Waals surface area (Å²) in [5.41, 5.74) is 6.46. The van der Waals surface area contributed by atoms with Crippen molar-refractivity contribution in [3.8, 4) is 0 Å². The summed E-state index contributed by atoms with van der Waals surface area (Å²) in [5.74, 6) is 0.111. The Balaban J connectivity index is 2.25. The highest BCUT2D eigenvalue weighted by atomic mass is 35.5. The molecule has 0 radical (unpaired) electrons. The molecule has 1 heterocycles. The summed E-state index contributed by atoms with van der Waals surface area (Å²) >= 11 is 6.03. The first kappa shape index (κ1) is 11.7. The lowest BCUT2D eigenvalue weighted by atomic mass is 9.94. The second kappa shape index (κ2) is 4.60. The number of piperidine rings is 1. The number of rotatable bonds is 1. The number of para-hydroxylation sites is 1. The lowest BCUT2D eigenvalue weighted by molar-refractivity contribution is 0.380. The van der Waals surface area contributed by atoms with E-state index >= 15 is 0 Å². The maximum absolute atomic E-state index is 13.7. The molecule has 1 aliphatic rings. The third kappa shape index (κ3) is 2.15. The lowest BCUT2D eigenvalue weighted by Gasteiger charge is -2.37. The molecule has 16 heavy (non-hydrogen) atoms. The first-order valence-electron chi connectivity index (χ1n) is 5.54. The van der Waals surface area contributed by atoms with Crippen molar-refractivity contribution < 1.29 is 4.39 Å². The Morgan fingerprint density at radius 3 is 2.88 bits per heavy atom. The third-order valence-electron chi connectivity index (χ3n) is 3.23. The van der Waals surface area contributed by atoms with Crippen molar-refractivity contribution in [1.82, 2.24) is 0 Å². The minimum absolute atomic E-state index is 0.210. The largest absolute Gasteiger partial charge is 0.368 e. The molecule has 0 amide bonds. The average molecular weight is 243 g/mol. The van der Waals surface area contributed by atoms with Crippen LogP contribution in [0.3, 0.4) is 0 Å². The fraction of sp³-hybridized carbons (Fsp3) is 0.500. The Morgan fingerprint density at radius 2 is 2.25 bits per heavy atom. The van der Waals surface area contributed by atoms with E-state index in [4.69, 9.17) is 17.3 Å². The van der Waals surface area contributed by atoms with Gasteiger partial charge in [-0.3, -0.25) is 0 Å². The highest BCUT2D eigenvalue weighted by Gasteiger charge is 2.25. The first-order valence-corrected chi connectivity index (χ1v) is 5.92. The minimum atomic E-state index is -0.254. The Hall–Kier alpha value is -0.800. The van der Waals surface area contributed by atoms with Crippen molar-refractivity contribution in [1.29, 1.82) is 0 Å². The fourth-order valence-electron chi connectivity index (χ4n) is 2.16. The van der Waals surface area contributed by atoms with Gasteiger partial charge in [0.2, 0.25) is 0 Å². The minimum Gasteiger partial charge on any atom is -0.368 e. The molecule has 2 rings (SSSR count). The van der Waals surface area contributed by atoms with Gasteiger partial charge in [0, 0.05) is 19.1 Å². The Bertz CT molecular complexity index is 363. The molecular formula is C12H16ClFN2. The topological polar surface area (TPSA) is 29.3 Å². The maximum Gasteiger partial charge on any atom is 0.148 e. The molecule has 1 saturated heterocycles. The Morgan fingerprint density at radius 1 is 1.50 bits per heavy atom. The molecule has 0 aliphatic carbocycles. The molecule has 0 spiro atoms. The van der Waals surface area contributed by atoms with Crippen molar-refractivity contribution in [2.75, 3.05) is 18.0 Å². The van der Waals surface area contributed by atoms with Crippen LogP contribution in [0.1, 0.15) is 13.3 Å². The van der Waals surface area contributed by atoms with Crippen LogP contribution in [-0.4, -0.2) is 19.1 Å². The number of hydrogen-bond acceptors (Lipinski definition) is 2. The van der Waals surface area contributed by atoms with Gasteiger partial charge in [-0.15, -0.1) is 0 Å². The average Bonchev–Trinajstić information content (AvgIpc) is 2.23. The molecule has 4 heteroatoms. The van der Waals surface area contributed by atoms with Crippen molar-refractivity contribution in [2.45, 2.75) is 19.4 Å². The van der Waals surface area contributed by atoms with Gasteiger partial charge in [-0.25, -0.2) is 4.39 Å². The molecule has 1 fully saturated rings. The Labute approximate surface area is 100 Å². The highest BCUT2D eigenvalue weighted by molar-refractivity contribution is 6.33. The number of nitrogens with two attached hydrogens (primary N) is 1. The van der Waals surface area contributed by atoms with Crippen LogP contribution in [0, 0.1) is 11.7 Å². The van der Waals surface area contributed by atoms with E-state index in [0.717, 1.165) is 19.5 Å². The van der Waals surface area contributed by atoms with Gasteiger partial charge < -0.3 is 10.6 Å². The van der Waals surface area contributed by atoms with Gasteiger partial charge in [0.05, 0.1) is 10.7 Å². The van der Waals surface area contributed by atoms with Gasteiger partial charge in [0.1, 0.15) is 5.82 Å². The van der Waals surface area contributed by atoms with E-state index in [1.807, 2.05) is 4.90 Å². The number of hydrogen-bond donors (Lipinski definition) is 1. The number of halogens is 2. The van der Waals surface area contributed by atoms with Crippen molar-refractivity contribution >= 4 is 17.3 Å². The molecule has 0 bridgehead atoms. The zero-order chi connectivity index (χ0) is 11.7. The molecule has 2 N–H and O–H groups in total. The van der Waals surface area contributed by atoms with Gasteiger partial charge in [-0.2, -0.15) is 0 Å². The van der Waals surface area contributed by atoms with Crippen LogP contribution >= 0.6 is 11.6 Å². The van der Waals surface area contributed by atoms with Gasteiger partial charge in [-0.05, 0) is 24.5 Å². The molecule has 2 nitrogen and oxygen atoms in total. The molecule has 2 unspecified atom stereocenters. The summed E-state index contributed by atoms with van der Waals surface area (Å²) in [7, 11) is 0. The van der Waals surface area contributed by atoms with E-state index in [-0.39, 0.29) is 11.9 Å². The number of benzene rings is 1.